The Morgan fingerprint density at radius 1 is 1.35 bits per heavy atom. The molecule has 1 aliphatic rings. The molecular weight excluding hydrogens is 216 g/mol. The quantitative estimate of drug-likeness (QED) is 0.839. The molecule has 1 aromatic carbocycles. The lowest BCUT2D eigenvalue weighted by atomic mass is 10.1. The first-order valence-corrected chi connectivity index (χ1v) is 5.72. The van der Waals surface area contributed by atoms with E-state index >= 15 is 0 Å². The molecule has 1 N–H and O–H groups in total. The Balaban J connectivity index is 1.89. The van der Waals surface area contributed by atoms with Gasteiger partial charge in [-0.15, -0.1) is 0 Å². The number of aromatic nitrogens is 2. The van der Waals surface area contributed by atoms with E-state index in [1.807, 2.05) is 0 Å². The molecule has 0 amide bonds. The molecule has 88 valence electrons. The first kappa shape index (κ1) is 10.3. The maximum absolute atomic E-state index is 5.07. The highest BCUT2D eigenvalue weighted by atomic mass is 16.5. The van der Waals surface area contributed by atoms with Crippen molar-refractivity contribution in [2.24, 2.45) is 0 Å². The van der Waals surface area contributed by atoms with Crippen molar-refractivity contribution in [3.05, 3.63) is 42.0 Å². The van der Waals surface area contributed by atoms with Gasteiger partial charge in [0.1, 0.15) is 0 Å². The molecule has 0 unspecified atom stereocenters. The highest BCUT2D eigenvalue weighted by Crippen LogP contribution is 2.23. The van der Waals surface area contributed by atoms with Crippen LogP contribution in [-0.4, -0.2) is 23.2 Å². The highest BCUT2D eigenvalue weighted by Gasteiger charge is 2.16. The molecular formula is C12H14N4O. The van der Waals surface area contributed by atoms with Crippen molar-refractivity contribution in [2.75, 3.05) is 18.0 Å². The first-order valence-electron chi connectivity index (χ1n) is 5.72. The average molecular weight is 230 g/mol. The van der Waals surface area contributed by atoms with E-state index in [1.165, 1.54) is 17.6 Å². The first-order chi connectivity index (χ1) is 8.43. The molecule has 0 bridgehead atoms. The summed E-state index contributed by atoms with van der Waals surface area (Å²) in [6.07, 6.45) is 1.44. The number of para-hydroxylation sites is 1. The van der Waals surface area contributed by atoms with Gasteiger partial charge in [0.05, 0.1) is 6.54 Å². The second kappa shape index (κ2) is 4.55. The van der Waals surface area contributed by atoms with Crippen LogP contribution in [0.1, 0.15) is 11.5 Å². The number of anilines is 1. The van der Waals surface area contributed by atoms with E-state index in [9.17, 15) is 0 Å². The molecule has 5 heteroatoms. The van der Waals surface area contributed by atoms with Gasteiger partial charge in [0.25, 0.3) is 0 Å². The summed E-state index contributed by atoms with van der Waals surface area (Å²) >= 11 is 0. The zero-order chi connectivity index (χ0) is 11.5. The van der Waals surface area contributed by atoms with Crippen molar-refractivity contribution < 1.29 is 4.52 Å². The number of benzene rings is 1. The molecule has 3 rings (SSSR count). The lowest BCUT2D eigenvalue weighted by molar-refractivity contribution is 0.375. The Labute approximate surface area is 99.4 Å². The number of hydrogen-bond acceptors (Lipinski definition) is 5. The van der Waals surface area contributed by atoms with Gasteiger partial charge in [0, 0.05) is 25.3 Å². The van der Waals surface area contributed by atoms with E-state index in [4.69, 9.17) is 4.52 Å². The summed E-state index contributed by atoms with van der Waals surface area (Å²) in [5, 5.41) is 7.04. The van der Waals surface area contributed by atoms with Crippen LogP contribution < -0.4 is 10.2 Å². The minimum absolute atomic E-state index is 0.654. The fraction of sp³-hybridized carbons (Fsp3) is 0.333. The third kappa shape index (κ3) is 2.14. The molecule has 0 spiro atoms. The van der Waals surface area contributed by atoms with E-state index in [-0.39, 0.29) is 0 Å². The molecule has 0 atom stereocenters. The van der Waals surface area contributed by atoms with Crippen LogP contribution in [-0.2, 0) is 13.1 Å². The highest BCUT2D eigenvalue weighted by molar-refractivity contribution is 5.54. The number of nitrogens with zero attached hydrogens (tertiary/aromatic N) is 3. The number of rotatable bonds is 2. The van der Waals surface area contributed by atoms with Crippen LogP contribution in [0.25, 0.3) is 0 Å². The standard InChI is InChI=1S/C12H14N4O/c1-2-4-11-10(3-1)7-13-5-6-16(11)8-12-14-9-15-17-12/h1-4,9,13H,5-8H2. The monoisotopic (exact) mass is 230 g/mol. The average Bonchev–Trinajstić information content (AvgIpc) is 2.78. The fourth-order valence-corrected chi connectivity index (χ4v) is 2.12. The van der Waals surface area contributed by atoms with Gasteiger partial charge in [-0.3, -0.25) is 0 Å². The SMILES string of the molecule is c1ccc2c(c1)CNCCN2Cc1ncno1. The minimum Gasteiger partial charge on any atom is -0.361 e. The summed E-state index contributed by atoms with van der Waals surface area (Å²) in [4.78, 5) is 6.34. The predicted molar refractivity (Wildman–Crippen MR) is 63.5 cm³/mol. The Kier molecular flexibility index (Phi) is 2.75. The second-order valence-corrected chi connectivity index (χ2v) is 4.06. The van der Waals surface area contributed by atoms with Crippen molar-refractivity contribution in [2.45, 2.75) is 13.1 Å². The van der Waals surface area contributed by atoms with E-state index in [2.05, 4.69) is 44.6 Å². The molecule has 17 heavy (non-hydrogen) atoms. The smallest absolute Gasteiger partial charge is 0.245 e. The summed E-state index contributed by atoms with van der Waals surface area (Å²) < 4.78 is 5.07. The fourth-order valence-electron chi connectivity index (χ4n) is 2.12. The molecule has 0 saturated heterocycles. The molecule has 0 aliphatic carbocycles. The van der Waals surface area contributed by atoms with Crippen molar-refractivity contribution >= 4 is 5.69 Å². The molecule has 2 heterocycles. The lowest BCUT2D eigenvalue weighted by Crippen LogP contribution is -2.28. The summed E-state index contributed by atoms with van der Waals surface area (Å²) in [5.74, 6) is 0.654. The van der Waals surface area contributed by atoms with Gasteiger partial charge < -0.3 is 14.7 Å². The Morgan fingerprint density at radius 3 is 3.18 bits per heavy atom. The van der Waals surface area contributed by atoms with Gasteiger partial charge in [-0.1, -0.05) is 23.4 Å². The van der Waals surface area contributed by atoms with Crippen LogP contribution in [0, 0.1) is 0 Å². The third-order valence-corrected chi connectivity index (χ3v) is 2.94. The maximum atomic E-state index is 5.07. The molecule has 5 nitrogen and oxygen atoms in total. The van der Waals surface area contributed by atoms with E-state index < -0.39 is 0 Å². The maximum Gasteiger partial charge on any atom is 0.245 e. The van der Waals surface area contributed by atoms with E-state index in [0.29, 0.717) is 12.4 Å². The van der Waals surface area contributed by atoms with Crippen molar-refractivity contribution in [3.63, 3.8) is 0 Å². The zero-order valence-electron chi connectivity index (χ0n) is 9.47. The van der Waals surface area contributed by atoms with Crippen LogP contribution in [0.5, 0.6) is 0 Å². The van der Waals surface area contributed by atoms with Crippen LogP contribution in [0.15, 0.2) is 35.1 Å². The largest absolute Gasteiger partial charge is 0.361 e. The van der Waals surface area contributed by atoms with Gasteiger partial charge in [0.2, 0.25) is 5.89 Å². The van der Waals surface area contributed by atoms with Gasteiger partial charge in [-0.2, -0.15) is 4.98 Å². The van der Waals surface area contributed by atoms with Gasteiger partial charge in [-0.05, 0) is 11.6 Å². The minimum atomic E-state index is 0.654. The molecule has 0 radical (unpaired) electrons. The van der Waals surface area contributed by atoms with Crippen molar-refractivity contribution in [1.29, 1.82) is 0 Å². The second-order valence-electron chi connectivity index (χ2n) is 4.06. The van der Waals surface area contributed by atoms with Crippen molar-refractivity contribution in [3.8, 4) is 0 Å². The topological polar surface area (TPSA) is 54.2 Å². The van der Waals surface area contributed by atoms with E-state index in [1.54, 1.807) is 0 Å². The third-order valence-electron chi connectivity index (χ3n) is 2.94. The zero-order valence-corrected chi connectivity index (χ0v) is 9.47. The Bertz CT molecular complexity index is 483. The summed E-state index contributed by atoms with van der Waals surface area (Å²) in [7, 11) is 0. The lowest BCUT2D eigenvalue weighted by Gasteiger charge is -2.22. The van der Waals surface area contributed by atoms with Crippen LogP contribution >= 0.6 is 0 Å². The number of hydrogen-bond donors (Lipinski definition) is 1. The molecule has 1 aromatic heterocycles. The predicted octanol–water partition coefficient (Wildman–Crippen LogP) is 1.18. The van der Waals surface area contributed by atoms with Crippen LogP contribution in [0.3, 0.4) is 0 Å². The van der Waals surface area contributed by atoms with Gasteiger partial charge in [-0.25, -0.2) is 0 Å². The normalized spacial score (nSPS) is 15.4. The molecule has 0 fully saturated rings. The molecule has 0 saturated carbocycles. The summed E-state index contributed by atoms with van der Waals surface area (Å²) in [5.41, 5.74) is 2.56. The number of fused-ring (bicyclic) bond motifs is 1. The summed E-state index contributed by atoms with van der Waals surface area (Å²) in [6.45, 7) is 3.48. The summed E-state index contributed by atoms with van der Waals surface area (Å²) in [6, 6.07) is 8.41. The van der Waals surface area contributed by atoms with Crippen LogP contribution in [0.4, 0.5) is 5.69 Å². The molecule has 1 aliphatic heterocycles. The Morgan fingerprint density at radius 2 is 2.29 bits per heavy atom. The van der Waals surface area contributed by atoms with Gasteiger partial charge in [0.15, 0.2) is 6.33 Å². The number of nitrogens with one attached hydrogen (secondary N) is 1. The van der Waals surface area contributed by atoms with Crippen LogP contribution in [0.2, 0.25) is 0 Å². The molecule has 2 aromatic rings. The van der Waals surface area contributed by atoms with E-state index in [0.717, 1.165) is 19.6 Å². The van der Waals surface area contributed by atoms with Crippen molar-refractivity contribution in [1.82, 2.24) is 15.5 Å². The van der Waals surface area contributed by atoms with Gasteiger partial charge >= 0.3 is 0 Å². The Hall–Kier alpha value is -1.88.